The third-order valence-corrected chi connectivity index (χ3v) is 6.00. The minimum Gasteiger partial charge on any atom is -0.350 e. The molecule has 1 amide bonds. The van der Waals surface area contributed by atoms with E-state index in [-0.39, 0.29) is 5.91 Å². The molecule has 0 atom stereocenters. The van der Waals surface area contributed by atoms with Gasteiger partial charge in [-0.3, -0.25) is 4.79 Å². The van der Waals surface area contributed by atoms with E-state index in [2.05, 4.69) is 26.1 Å². The van der Waals surface area contributed by atoms with Crippen molar-refractivity contribution >= 4 is 22.5 Å². The molecule has 1 aliphatic heterocycles. The molecule has 4 aromatic rings. The topological polar surface area (TPSA) is 64.7 Å². The number of rotatable bonds is 3. The summed E-state index contributed by atoms with van der Waals surface area (Å²) < 4.78 is 4.22. The summed E-state index contributed by atoms with van der Waals surface area (Å²) in [6.07, 6.45) is 6.40. The van der Waals surface area contributed by atoms with Gasteiger partial charge in [0.1, 0.15) is 5.82 Å². The first-order chi connectivity index (χ1) is 14.6. The van der Waals surface area contributed by atoms with Gasteiger partial charge in [-0.1, -0.05) is 36.8 Å². The van der Waals surface area contributed by atoms with Gasteiger partial charge in [0, 0.05) is 48.4 Å². The molecule has 0 radical (unpaired) electrons. The van der Waals surface area contributed by atoms with E-state index in [1.54, 1.807) is 0 Å². The Labute approximate surface area is 175 Å². The second-order valence-electron chi connectivity index (χ2n) is 8.06. The zero-order chi connectivity index (χ0) is 20.7. The summed E-state index contributed by atoms with van der Waals surface area (Å²) >= 11 is 0. The minimum absolute atomic E-state index is 0.105. The molecule has 0 saturated heterocycles. The molecule has 6 nitrogen and oxygen atoms in total. The zero-order valence-corrected chi connectivity index (χ0v) is 17.4. The molecule has 0 bridgehead atoms. The molecule has 6 heteroatoms. The number of fused-ring (bicyclic) bond motifs is 2. The molecule has 0 fully saturated rings. The third-order valence-electron chi connectivity index (χ3n) is 6.00. The van der Waals surface area contributed by atoms with Crippen LogP contribution in [-0.4, -0.2) is 25.2 Å². The number of carbonyl (C=O) groups excluding carboxylic acids is 1. The van der Waals surface area contributed by atoms with Gasteiger partial charge in [-0.25, -0.2) is 0 Å². The predicted molar refractivity (Wildman–Crippen MR) is 119 cm³/mol. The number of amides is 1. The standard InChI is InChI=1S/C24H25N5O/c1-16-11-12-17(23-27-26-22-10-4-3-7-13-29(22)23)14-20(16)25-24(30)19-15-28(2)21-9-6-5-8-18(19)21/h5-6,8-9,11-12,14-15H,3-4,7,10,13H2,1-2H3,(H,25,30). The van der Waals surface area contributed by atoms with Gasteiger partial charge in [0.05, 0.1) is 5.56 Å². The smallest absolute Gasteiger partial charge is 0.257 e. The van der Waals surface area contributed by atoms with Gasteiger partial charge in [0.15, 0.2) is 5.82 Å². The van der Waals surface area contributed by atoms with Crippen molar-refractivity contribution in [2.75, 3.05) is 5.32 Å². The average Bonchev–Trinajstić information content (AvgIpc) is 3.22. The van der Waals surface area contributed by atoms with Gasteiger partial charge < -0.3 is 14.5 Å². The average molecular weight is 399 g/mol. The maximum absolute atomic E-state index is 13.1. The lowest BCUT2D eigenvalue weighted by Crippen LogP contribution is -2.12. The lowest BCUT2D eigenvalue weighted by molar-refractivity contribution is 0.102. The molecule has 1 aliphatic rings. The fourth-order valence-corrected chi connectivity index (χ4v) is 4.31. The fraction of sp³-hybridized carbons (Fsp3) is 0.292. The van der Waals surface area contributed by atoms with Crippen LogP contribution in [0.15, 0.2) is 48.7 Å². The number of aryl methyl sites for hydroxylation is 3. The normalized spacial score (nSPS) is 13.8. The second-order valence-corrected chi connectivity index (χ2v) is 8.06. The molecule has 3 heterocycles. The summed E-state index contributed by atoms with van der Waals surface area (Å²) in [5.74, 6) is 1.84. The molecule has 2 aromatic carbocycles. The van der Waals surface area contributed by atoms with Crippen LogP contribution in [0.25, 0.3) is 22.3 Å². The summed E-state index contributed by atoms with van der Waals surface area (Å²) in [5.41, 5.74) is 4.52. The number of benzene rings is 2. The van der Waals surface area contributed by atoms with Crippen LogP contribution >= 0.6 is 0 Å². The van der Waals surface area contributed by atoms with E-state index in [0.29, 0.717) is 5.56 Å². The monoisotopic (exact) mass is 399 g/mol. The highest BCUT2D eigenvalue weighted by atomic mass is 16.1. The van der Waals surface area contributed by atoms with Crippen LogP contribution in [0.4, 0.5) is 5.69 Å². The largest absolute Gasteiger partial charge is 0.350 e. The lowest BCUT2D eigenvalue weighted by Gasteiger charge is -2.12. The molecule has 0 spiro atoms. The van der Waals surface area contributed by atoms with Crippen molar-refractivity contribution in [3.05, 3.63) is 65.6 Å². The summed E-state index contributed by atoms with van der Waals surface area (Å²) in [4.78, 5) is 13.1. The molecule has 0 saturated carbocycles. The second kappa shape index (κ2) is 7.44. The Morgan fingerprint density at radius 1 is 1.07 bits per heavy atom. The number of aromatic nitrogens is 4. The minimum atomic E-state index is -0.105. The molecule has 30 heavy (non-hydrogen) atoms. The SMILES string of the molecule is Cc1ccc(-c2nnc3n2CCCCC3)cc1NC(=O)c1cn(C)c2ccccc12. The van der Waals surface area contributed by atoms with E-state index < -0.39 is 0 Å². The van der Waals surface area contributed by atoms with E-state index in [9.17, 15) is 4.79 Å². The first-order valence-electron chi connectivity index (χ1n) is 10.5. The zero-order valence-electron chi connectivity index (χ0n) is 17.4. The highest BCUT2D eigenvalue weighted by molar-refractivity contribution is 6.13. The van der Waals surface area contributed by atoms with Crippen molar-refractivity contribution < 1.29 is 4.79 Å². The Morgan fingerprint density at radius 3 is 2.83 bits per heavy atom. The molecule has 5 rings (SSSR count). The van der Waals surface area contributed by atoms with Gasteiger partial charge in [0.25, 0.3) is 5.91 Å². The van der Waals surface area contributed by atoms with E-state index in [1.807, 2.05) is 61.1 Å². The van der Waals surface area contributed by atoms with Crippen molar-refractivity contribution in [2.45, 2.75) is 39.2 Å². The molecule has 152 valence electrons. The van der Waals surface area contributed by atoms with Gasteiger partial charge in [0.2, 0.25) is 0 Å². The van der Waals surface area contributed by atoms with Crippen molar-refractivity contribution in [3.8, 4) is 11.4 Å². The summed E-state index contributed by atoms with van der Waals surface area (Å²) in [6.45, 7) is 2.95. The number of carbonyl (C=O) groups is 1. The fourth-order valence-electron chi connectivity index (χ4n) is 4.31. The van der Waals surface area contributed by atoms with E-state index in [1.165, 1.54) is 12.8 Å². The number of nitrogens with zero attached hydrogens (tertiary/aromatic N) is 4. The molecular weight excluding hydrogens is 374 g/mol. The summed E-state index contributed by atoms with van der Waals surface area (Å²) in [7, 11) is 1.96. The van der Waals surface area contributed by atoms with E-state index in [0.717, 1.165) is 58.8 Å². The Kier molecular flexibility index (Phi) is 4.62. The number of hydrogen-bond donors (Lipinski definition) is 1. The van der Waals surface area contributed by atoms with Crippen LogP contribution in [-0.2, 0) is 20.0 Å². The molecular formula is C24H25N5O. The first-order valence-corrected chi connectivity index (χ1v) is 10.5. The van der Waals surface area contributed by atoms with Crippen molar-refractivity contribution in [2.24, 2.45) is 7.05 Å². The van der Waals surface area contributed by atoms with Crippen molar-refractivity contribution in [3.63, 3.8) is 0 Å². The predicted octanol–water partition coefficient (Wildman–Crippen LogP) is 4.72. The van der Waals surface area contributed by atoms with Crippen LogP contribution in [0.2, 0.25) is 0 Å². The molecule has 1 N–H and O–H groups in total. The van der Waals surface area contributed by atoms with Crippen LogP contribution in [0.5, 0.6) is 0 Å². The number of hydrogen-bond acceptors (Lipinski definition) is 3. The molecule has 0 aliphatic carbocycles. The number of para-hydroxylation sites is 1. The summed E-state index contributed by atoms with van der Waals surface area (Å²) in [6, 6.07) is 14.1. The van der Waals surface area contributed by atoms with Crippen LogP contribution in [0.1, 0.15) is 41.0 Å². The van der Waals surface area contributed by atoms with Crippen LogP contribution < -0.4 is 5.32 Å². The number of anilines is 1. The van der Waals surface area contributed by atoms with Crippen LogP contribution in [0.3, 0.4) is 0 Å². The lowest BCUT2D eigenvalue weighted by atomic mass is 10.1. The quantitative estimate of drug-likeness (QED) is 0.542. The third kappa shape index (κ3) is 3.18. The maximum Gasteiger partial charge on any atom is 0.257 e. The Bertz CT molecular complexity index is 1250. The first kappa shape index (κ1) is 18.6. The molecule has 2 aromatic heterocycles. The Morgan fingerprint density at radius 2 is 1.93 bits per heavy atom. The van der Waals surface area contributed by atoms with Crippen LogP contribution in [0, 0.1) is 6.92 Å². The number of nitrogens with one attached hydrogen (secondary N) is 1. The van der Waals surface area contributed by atoms with E-state index >= 15 is 0 Å². The summed E-state index contributed by atoms with van der Waals surface area (Å²) in [5, 5.41) is 12.9. The van der Waals surface area contributed by atoms with Gasteiger partial charge in [-0.15, -0.1) is 10.2 Å². The highest BCUT2D eigenvalue weighted by Crippen LogP contribution is 2.28. The van der Waals surface area contributed by atoms with E-state index in [4.69, 9.17) is 0 Å². The Balaban J connectivity index is 1.49. The molecule has 0 unspecified atom stereocenters. The van der Waals surface area contributed by atoms with Gasteiger partial charge in [-0.2, -0.15) is 0 Å². The van der Waals surface area contributed by atoms with Gasteiger partial charge >= 0.3 is 0 Å². The van der Waals surface area contributed by atoms with Crippen molar-refractivity contribution in [1.82, 2.24) is 19.3 Å². The van der Waals surface area contributed by atoms with Gasteiger partial charge in [-0.05, 0) is 37.5 Å². The van der Waals surface area contributed by atoms with Crippen molar-refractivity contribution in [1.29, 1.82) is 0 Å². The maximum atomic E-state index is 13.1. The Hall–Kier alpha value is -3.41. The highest BCUT2D eigenvalue weighted by Gasteiger charge is 2.18.